The summed E-state index contributed by atoms with van der Waals surface area (Å²) in [7, 11) is 1.38. The monoisotopic (exact) mass is 362 g/mol. The number of esters is 2. The van der Waals surface area contributed by atoms with Gasteiger partial charge in [-0.3, -0.25) is 0 Å². The summed E-state index contributed by atoms with van der Waals surface area (Å²) in [6.07, 6.45) is 8.77. The molecule has 0 radical (unpaired) electrons. The molecule has 0 aliphatic heterocycles. The molecule has 0 aromatic carbocycles. The van der Waals surface area contributed by atoms with Crippen molar-refractivity contribution in [3.05, 3.63) is 45.2 Å². The first-order chi connectivity index (χ1) is 12.0. The highest BCUT2D eigenvalue weighted by Crippen LogP contribution is 2.32. The molecule has 0 saturated carbocycles. The number of aryl methyl sites for hydroxylation is 1. The number of carbonyl (C=O) groups excluding carboxylic acids is 2. The molecule has 0 spiro atoms. The second kappa shape index (κ2) is 9.56. The zero-order valence-electron chi connectivity index (χ0n) is 15.2. The van der Waals surface area contributed by atoms with Gasteiger partial charge in [-0.1, -0.05) is 25.0 Å². The molecule has 0 amide bonds. The molecule has 0 saturated heterocycles. The summed E-state index contributed by atoms with van der Waals surface area (Å²) in [5.41, 5.74) is 3.43. The lowest BCUT2D eigenvalue weighted by Gasteiger charge is -2.26. The number of carbonyl (C=O) groups is 2. The van der Waals surface area contributed by atoms with Gasteiger partial charge in [0.1, 0.15) is 11.0 Å². The Morgan fingerprint density at radius 3 is 2.84 bits per heavy atom. The number of hydrogen-bond acceptors (Lipinski definition) is 5. The third-order valence-electron chi connectivity index (χ3n) is 4.44. The molecule has 1 aliphatic rings. The van der Waals surface area contributed by atoms with E-state index in [1.54, 1.807) is 0 Å². The Bertz CT molecular complexity index is 669. The number of unbranched alkanes of at least 4 members (excludes halogenated alkanes) is 1. The van der Waals surface area contributed by atoms with Crippen LogP contribution in [0.2, 0.25) is 0 Å². The summed E-state index contributed by atoms with van der Waals surface area (Å²) in [5, 5.41) is 1.91. The Balaban J connectivity index is 2.06. The molecule has 0 fully saturated rings. The largest absolute Gasteiger partial charge is 0.466 e. The minimum absolute atomic E-state index is 0.0869. The van der Waals surface area contributed by atoms with E-state index in [0.717, 1.165) is 44.1 Å². The smallest absolute Gasteiger partial charge is 0.348 e. The van der Waals surface area contributed by atoms with Crippen LogP contribution < -0.4 is 0 Å². The molecule has 0 N–H and O–H groups in total. The molecule has 1 unspecified atom stereocenters. The average Bonchev–Trinajstić information content (AvgIpc) is 3.04. The number of ether oxygens (including phenoxy) is 2. The quantitative estimate of drug-likeness (QED) is 0.507. The molecule has 5 heteroatoms. The van der Waals surface area contributed by atoms with Gasteiger partial charge in [0.15, 0.2) is 0 Å². The summed E-state index contributed by atoms with van der Waals surface area (Å²) < 4.78 is 10.4. The molecule has 1 heterocycles. The van der Waals surface area contributed by atoms with E-state index in [1.165, 1.54) is 35.7 Å². The highest BCUT2D eigenvalue weighted by atomic mass is 32.1. The third kappa shape index (κ3) is 5.56. The number of hydrogen-bond donors (Lipinski definition) is 0. The minimum atomic E-state index is -0.343. The van der Waals surface area contributed by atoms with Crippen LogP contribution in [0.15, 0.2) is 34.7 Å². The van der Waals surface area contributed by atoms with Crippen molar-refractivity contribution in [3.8, 4) is 0 Å². The van der Waals surface area contributed by atoms with Crippen molar-refractivity contribution in [1.82, 2.24) is 0 Å². The van der Waals surface area contributed by atoms with Gasteiger partial charge in [0.05, 0.1) is 7.11 Å². The summed E-state index contributed by atoms with van der Waals surface area (Å²) in [4.78, 5) is 24.4. The van der Waals surface area contributed by atoms with E-state index < -0.39 is 0 Å². The Kier molecular flexibility index (Phi) is 7.44. The van der Waals surface area contributed by atoms with Gasteiger partial charge < -0.3 is 9.47 Å². The molecule has 136 valence electrons. The predicted molar refractivity (Wildman–Crippen MR) is 99.8 cm³/mol. The maximum absolute atomic E-state index is 12.3. The molecule has 2 rings (SSSR count). The first kappa shape index (κ1) is 19.4. The van der Waals surface area contributed by atoms with Crippen LogP contribution in [0.5, 0.6) is 0 Å². The first-order valence-corrected chi connectivity index (χ1v) is 9.65. The summed E-state index contributed by atoms with van der Waals surface area (Å²) >= 11 is 1.43. The van der Waals surface area contributed by atoms with Crippen LogP contribution in [0.25, 0.3) is 0 Å². The molecule has 1 atom stereocenters. The van der Waals surface area contributed by atoms with E-state index in [0.29, 0.717) is 4.88 Å². The number of allylic oxidation sites excluding steroid dienone is 2. The van der Waals surface area contributed by atoms with Gasteiger partial charge in [0.2, 0.25) is 0 Å². The van der Waals surface area contributed by atoms with Crippen LogP contribution in [0, 0.1) is 6.92 Å². The number of methoxy groups -OCH3 is 1. The van der Waals surface area contributed by atoms with Crippen molar-refractivity contribution in [2.24, 2.45) is 0 Å². The van der Waals surface area contributed by atoms with Crippen LogP contribution in [-0.4, -0.2) is 25.2 Å². The van der Waals surface area contributed by atoms with Crippen LogP contribution in [0.3, 0.4) is 0 Å². The highest BCUT2D eigenvalue weighted by molar-refractivity contribution is 7.12. The fourth-order valence-electron chi connectivity index (χ4n) is 2.98. The molecule has 1 aliphatic carbocycles. The lowest BCUT2D eigenvalue weighted by molar-refractivity contribution is -0.134. The van der Waals surface area contributed by atoms with Crippen molar-refractivity contribution in [2.75, 3.05) is 7.11 Å². The van der Waals surface area contributed by atoms with E-state index in [2.05, 4.69) is 11.7 Å². The van der Waals surface area contributed by atoms with Gasteiger partial charge in [0.25, 0.3) is 0 Å². The van der Waals surface area contributed by atoms with Crippen molar-refractivity contribution < 1.29 is 19.1 Å². The van der Waals surface area contributed by atoms with Gasteiger partial charge in [-0.15, -0.1) is 11.3 Å². The van der Waals surface area contributed by atoms with Crippen molar-refractivity contribution in [1.29, 1.82) is 0 Å². The second-order valence-electron chi connectivity index (χ2n) is 6.29. The maximum atomic E-state index is 12.3. The third-order valence-corrected chi connectivity index (χ3v) is 5.44. The normalized spacial score (nSPS) is 17.8. The Hall–Kier alpha value is -1.88. The molecular weight excluding hydrogens is 336 g/mol. The van der Waals surface area contributed by atoms with E-state index in [1.807, 2.05) is 24.4 Å². The zero-order valence-corrected chi connectivity index (χ0v) is 16.0. The summed E-state index contributed by atoms with van der Waals surface area (Å²) in [5.74, 6) is -0.565. The first-order valence-electron chi connectivity index (χ1n) is 8.77. The summed E-state index contributed by atoms with van der Waals surface area (Å²) in [6.45, 7) is 4.08. The minimum Gasteiger partial charge on any atom is -0.466 e. The molecule has 4 nitrogen and oxygen atoms in total. The van der Waals surface area contributed by atoms with E-state index in [-0.39, 0.29) is 18.0 Å². The average molecular weight is 362 g/mol. The standard InChI is InChI=1S/C20H26O4S/c1-4-5-6-16-13-17(9-7-15(16)8-10-18(21)23-3)24-20(22)19-14(2)11-12-25-19/h8,10-12,17H,4-7,9,13H2,1-3H3/b10-8+. The van der Waals surface area contributed by atoms with E-state index in [4.69, 9.17) is 4.74 Å². The van der Waals surface area contributed by atoms with E-state index >= 15 is 0 Å². The molecule has 1 aromatic rings. The predicted octanol–water partition coefficient (Wildman–Crippen LogP) is 4.98. The topological polar surface area (TPSA) is 52.6 Å². The van der Waals surface area contributed by atoms with Crippen molar-refractivity contribution in [2.45, 2.75) is 58.5 Å². The maximum Gasteiger partial charge on any atom is 0.348 e. The van der Waals surface area contributed by atoms with Crippen molar-refractivity contribution >= 4 is 23.3 Å². The zero-order chi connectivity index (χ0) is 18.2. The van der Waals surface area contributed by atoms with Crippen LogP contribution in [0.4, 0.5) is 0 Å². The van der Waals surface area contributed by atoms with E-state index in [9.17, 15) is 9.59 Å². The SMILES string of the molecule is CCCCC1=C(/C=C/C(=O)OC)CCC(OC(=O)c2sccc2C)C1. The highest BCUT2D eigenvalue weighted by Gasteiger charge is 2.24. The Morgan fingerprint density at radius 1 is 1.40 bits per heavy atom. The van der Waals surface area contributed by atoms with Gasteiger partial charge >= 0.3 is 11.9 Å². The van der Waals surface area contributed by atoms with Gasteiger partial charge in [-0.05, 0) is 55.2 Å². The lowest BCUT2D eigenvalue weighted by Crippen LogP contribution is -2.22. The van der Waals surface area contributed by atoms with Gasteiger partial charge in [-0.2, -0.15) is 0 Å². The van der Waals surface area contributed by atoms with Crippen molar-refractivity contribution in [3.63, 3.8) is 0 Å². The fourth-order valence-corrected chi connectivity index (χ4v) is 3.79. The summed E-state index contributed by atoms with van der Waals surface area (Å²) in [6, 6.07) is 1.93. The van der Waals surface area contributed by atoms with Crippen LogP contribution in [0.1, 0.15) is 60.7 Å². The Labute approximate surface area is 153 Å². The molecule has 1 aromatic heterocycles. The second-order valence-corrected chi connectivity index (χ2v) is 7.21. The number of rotatable bonds is 7. The Morgan fingerprint density at radius 2 is 2.20 bits per heavy atom. The van der Waals surface area contributed by atoms with Crippen LogP contribution in [-0.2, 0) is 14.3 Å². The van der Waals surface area contributed by atoms with Crippen LogP contribution >= 0.6 is 11.3 Å². The molecular formula is C20H26O4S. The lowest BCUT2D eigenvalue weighted by atomic mass is 9.86. The van der Waals surface area contributed by atoms with Gasteiger partial charge in [-0.25, -0.2) is 9.59 Å². The molecule has 0 bridgehead atoms. The fraction of sp³-hybridized carbons (Fsp3) is 0.500. The molecule has 25 heavy (non-hydrogen) atoms. The van der Waals surface area contributed by atoms with Gasteiger partial charge in [0, 0.05) is 12.5 Å². The number of thiophene rings is 1.